The summed E-state index contributed by atoms with van der Waals surface area (Å²) in [6, 6.07) is 0. The molecule has 0 bridgehead atoms. The summed E-state index contributed by atoms with van der Waals surface area (Å²) >= 11 is 6.07. The molecule has 1 aromatic rings. The molecule has 0 aliphatic rings. The Kier molecular flexibility index (Phi) is 6.87. The van der Waals surface area contributed by atoms with Gasteiger partial charge >= 0.3 is 0 Å². The van der Waals surface area contributed by atoms with Crippen molar-refractivity contribution in [3.8, 4) is 0 Å². The van der Waals surface area contributed by atoms with E-state index >= 15 is 0 Å². The molecule has 0 saturated carbocycles. The van der Waals surface area contributed by atoms with Gasteiger partial charge in [0.15, 0.2) is 0 Å². The van der Waals surface area contributed by atoms with Crippen LogP contribution in [0.5, 0.6) is 0 Å². The highest BCUT2D eigenvalue weighted by Crippen LogP contribution is 2.15. The molecule has 1 rings (SSSR count). The lowest BCUT2D eigenvalue weighted by Crippen LogP contribution is -2.26. The number of hydrogen-bond acceptors (Lipinski definition) is 4. The number of aromatic nitrogens is 2. The molecule has 2 N–H and O–H groups in total. The fourth-order valence-corrected chi connectivity index (χ4v) is 1.89. The minimum absolute atomic E-state index is 0.221. The standard InChI is InChI=1S/C13H23ClN4O/c1-4-15-6-5-7-16-11-8-17-18(9-10(2)3)13(19)12(11)14/h8,10,15-16H,4-7,9H2,1-3H3. The highest BCUT2D eigenvalue weighted by molar-refractivity contribution is 6.32. The van der Waals surface area contributed by atoms with Crippen LogP contribution in [0.3, 0.4) is 0 Å². The summed E-state index contributed by atoms with van der Waals surface area (Å²) in [5.74, 6) is 0.361. The number of hydrogen-bond donors (Lipinski definition) is 2. The van der Waals surface area contributed by atoms with Gasteiger partial charge in [-0.25, -0.2) is 4.68 Å². The van der Waals surface area contributed by atoms with Gasteiger partial charge in [0.25, 0.3) is 5.56 Å². The first-order valence-corrected chi connectivity index (χ1v) is 7.14. The first-order valence-electron chi connectivity index (χ1n) is 6.76. The molecule has 0 saturated heterocycles. The van der Waals surface area contributed by atoms with E-state index in [1.807, 2.05) is 13.8 Å². The quantitative estimate of drug-likeness (QED) is 0.717. The maximum absolute atomic E-state index is 12.0. The zero-order chi connectivity index (χ0) is 14.3. The molecule has 1 heterocycles. The third kappa shape index (κ3) is 5.20. The van der Waals surface area contributed by atoms with Crippen LogP contribution < -0.4 is 16.2 Å². The van der Waals surface area contributed by atoms with Crippen LogP contribution in [0.15, 0.2) is 11.0 Å². The molecule has 0 amide bonds. The lowest BCUT2D eigenvalue weighted by atomic mass is 10.2. The molecular formula is C13H23ClN4O. The van der Waals surface area contributed by atoms with Crippen LogP contribution in [0, 0.1) is 5.92 Å². The Balaban J connectivity index is 2.61. The molecule has 19 heavy (non-hydrogen) atoms. The van der Waals surface area contributed by atoms with E-state index < -0.39 is 0 Å². The Bertz CT molecular complexity index is 445. The van der Waals surface area contributed by atoms with Crippen LogP contribution in [-0.4, -0.2) is 29.4 Å². The van der Waals surface area contributed by atoms with Crippen LogP contribution >= 0.6 is 11.6 Å². The van der Waals surface area contributed by atoms with Crippen molar-refractivity contribution in [3.05, 3.63) is 21.6 Å². The van der Waals surface area contributed by atoms with Crippen LogP contribution in [0.2, 0.25) is 5.02 Å². The van der Waals surface area contributed by atoms with Gasteiger partial charge in [-0.3, -0.25) is 4.79 Å². The van der Waals surface area contributed by atoms with Crippen molar-refractivity contribution in [2.24, 2.45) is 5.92 Å². The van der Waals surface area contributed by atoms with E-state index in [2.05, 4.69) is 22.7 Å². The average molecular weight is 287 g/mol. The first-order chi connectivity index (χ1) is 9.06. The molecule has 6 heteroatoms. The van der Waals surface area contributed by atoms with Gasteiger partial charge in [0.1, 0.15) is 5.02 Å². The van der Waals surface area contributed by atoms with E-state index in [4.69, 9.17) is 11.6 Å². The van der Waals surface area contributed by atoms with Crippen LogP contribution in [0.4, 0.5) is 5.69 Å². The summed E-state index contributed by atoms with van der Waals surface area (Å²) in [5.41, 5.74) is 0.384. The third-order valence-electron chi connectivity index (χ3n) is 2.62. The summed E-state index contributed by atoms with van der Waals surface area (Å²) < 4.78 is 1.41. The lowest BCUT2D eigenvalue weighted by molar-refractivity contribution is 0.464. The molecule has 5 nitrogen and oxygen atoms in total. The molecular weight excluding hydrogens is 264 g/mol. The van der Waals surface area contributed by atoms with Gasteiger partial charge in [0.2, 0.25) is 0 Å². The SMILES string of the molecule is CCNCCCNc1cnn(CC(C)C)c(=O)c1Cl. The predicted octanol–water partition coefficient (Wildman–Crippen LogP) is 1.96. The van der Waals surface area contributed by atoms with E-state index in [-0.39, 0.29) is 10.6 Å². The summed E-state index contributed by atoms with van der Waals surface area (Å²) in [4.78, 5) is 12.0. The third-order valence-corrected chi connectivity index (χ3v) is 2.98. The van der Waals surface area contributed by atoms with Crippen molar-refractivity contribution in [3.63, 3.8) is 0 Å². The van der Waals surface area contributed by atoms with E-state index in [9.17, 15) is 4.79 Å². The molecule has 0 aliphatic heterocycles. The van der Waals surface area contributed by atoms with E-state index in [1.165, 1.54) is 4.68 Å². The van der Waals surface area contributed by atoms with Gasteiger partial charge in [-0.05, 0) is 25.4 Å². The number of anilines is 1. The van der Waals surface area contributed by atoms with Crippen molar-refractivity contribution < 1.29 is 0 Å². The Hall–Kier alpha value is -1.07. The second-order valence-electron chi connectivity index (χ2n) is 4.89. The molecule has 0 aromatic carbocycles. The second kappa shape index (κ2) is 8.17. The second-order valence-corrected chi connectivity index (χ2v) is 5.27. The fraction of sp³-hybridized carbons (Fsp3) is 0.692. The number of nitrogens with one attached hydrogen (secondary N) is 2. The van der Waals surface area contributed by atoms with Gasteiger partial charge in [0.05, 0.1) is 11.9 Å². The Labute approximate surface area is 119 Å². The van der Waals surface area contributed by atoms with E-state index in [0.29, 0.717) is 18.2 Å². The maximum atomic E-state index is 12.0. The van der Waals surface area contributed by atoms with Crippen molar-refractivity contribution in [1.29, 1.82) is 0 Å². The Morgan fingerprint density at radius 3 is 2.79 bits per heavy atom. The molecule has 0 aliphatic carbocycles. The average Bonchev–Trinajstić information content (AvgIpc) is 2.37. The van der Waals surface area contributed by atoms with Gasteiger partial charge < -0.3 is 10.6 Å². The molecule has 0 spiro atoms. The molecule has 0 atom stereocenters. The minimum atomic E-state index is -0.230. The van der Waals surface area contributed by atoms with Crippen molar-refractivity contribution in [1.82, 2.24) is 15.1 Å². The Morgan fingerprint density at radius 2 is 2.16 bits per heavy atom. The smallest absolute Gasteiger partial charge is 0.287 e. The number of nitrogens with zero attached hydrogens (tertiary/aromatic N) is 2. The summed E-state index contributed by atoms with van der Waals surface area (Å²) in [5, 5.41) is 10.7. The summed E-state index contributed by atoms with van der Waals surface area (Å²) in [7, 11) is 0. The zero-order valence-electron chi connectivity index (χ0n) is 11.9. The first kappa shape index (κ1) is 16.0. The highest BCUT2D eigenvalue weighted by atomic mass is 35.5. The molecule has 108 valence electrons. The molecule has 0 unspecified atom stereocenters. The van der Waals surface area contributed by atoms with Crippen molar-refractivity contribution in [2.45, 2.75) is 33.7 Å². The van der Waals surface area contributed by atoms with Gasteiger partial charge in [-0.15, -0.1) is 0 Å². The van der Waals surface area contributed by atoms with Crippen LogP contribution in [0.1, 0.15) is 27.2 Å². The monoisotopic (exact) mass is 286 g/mol. The summed E-state index contributed by atoms with van der Waals surface area (Å²) in [6.45, 7) is 9.40. The number of rotatable bonds is 8. The zero-order valence-corrected chi connectivity index (χ0v) is 12.6. The van der Waals surface area contributed by atoms with E-state index in [0.717, 1.165) is 26.1 Å². The van der Waals surface area contributed by atoms with Gasteiger partial charge in [-0.2, -0.15) is 5.10 Å². The topological polar surface area (TPSA) is 59.0 Å². The predicted molar refractivity (Wildman–Crippen MR) is 80.0 cm³/mol. The normalized spacial score (nSPS) is 11.0. The minimum Gasteiger partial charge on any atom is -0.382 e. The lowest BCUT2D eigenvalue weighted by Gasteiger charge is -2.11. The van der Waals surface area contributed by atoms with Gasteiger partial charge in [-0.1, -0.05) is 32.4 Å². The maximum Gasteiger partial charge on any atom is 0.287 e. The Morgan fingerprint density at radius 1 is 1.42 bits per heavy atom. The number of halogens is 1. The highest BCUT2D eigenvalue weighted by Gasteiger charge is 2.09. The largest absolute Gasteiger partial charge is 0.382 e. The molecule has 0 radical (unpaired) electrons. The molecule has 1 aromatic heterocycles. The summed E-state index contributed by atoms with van der Waals surface area (Å²) in [6.07, 6.45) is 2.60. The van der Waals surface area contributed by atoms with Crippen LogP contribution in [-0.2, 0) is 6.54 Å². The molecule has 0 fully saturated rings. The van der Waals surface area contributed by atoms with Gasteiger partial charge in [0, 0.05) is 13.1 Å². The van der Waals surface area contributed by atoms with Crippen LogP contribution in [0.25, 0.3) is 0 Å². The van der Waals surface area contributed by atoms with Crippen molar-refractivity contribution in [2.75, 3.05) is 25.0 Å². The fourth-order valence-electron chi connectivity index (χ4n) is 1.68. The van der Waals surface area contributed by atoms with Crippen molar-refractivity contribution >= 4 is 17.3 Å². The van der Waals surface area contributed by atoms with E-state index in [1.54, 1.807) is 6.20 Å².